The third-order valence-corrected chi connectivity index (χ3v) is 7.18. The Labute approximate surface area is 244 Å². The molecule has 210 valence electrons. The maximum atomic E-state index is 12.0. The first kappa shape index (κ1) is 28.5. The number of nitrogens with zero attached hydrogens (tertiary/aromatic N) is 2. The zero-order valence-electron chi connectivity index (χ0n) is 23.0. The van der Waals surface area contributed by atoms with E-state index < -0.39 is 0 Å². The van der Waals surface area contributed by atoms with Crippen molar-refractivity contribution in [3.8, 4) is 11.1 Å². The van der Waals surface area contributed by atoms with Crippen molar-refractivity contribution >= 4 is 45.1 Å². The normalized spacial score (nSPS) is 11.2. The SMILES string of the molecule is COC(=O)c1ccc2c(c1)nc(NCCCOCCCNCc1ccc(-c3ccccc3)c(Cl)c1)c1ccncc12. The molecular formula is C33H33ClN4O3. The van der Waals surface area contributed by atoms with Crippen LogP contribution in [0, 0.1) is 0 Å². The number of hydrogen-bond donors (Lipinski definition) is 2. The lowest BCUT2D eigenvalue weighted by molar-refractivity contribution is 0.0601. The zero-order valence-corrected chi connectivity index (χ0v) is 23.8. The average molecular weight is 569 g/mol. The molecule has 2 aromatic heterocycles. The molecule has 2 heterocycles. The number of aromatic nitrogens is 2. The molecule has 5 rings (SSSR count). The molecule has 0 saturated carbocycles. The minimum absolute atomic E-state index is 0.385. The van der Waals surface area contributed by atoms with E-state index in [1.54, 1.807) is 18.3 Å². The van der Waals surface area contributed by atoms with Gasteiger partial charge in [-0.3, -0.25) is 4.98 Å². The van der Waals surface area contributed by atoms with Gasteiger partial charge in [0, 0.05) is 65.4 Å². The lowest BCUT2D eigenvalue weighted by Crippen LogP contribution is -2.16. The van der Waals surface area contributed by atoms with E-state index in [0.29, 0.717) is 30.8 Å². The topological polar surface area (TPSA) is 85.4 Å². The lowest BCUT2D eigenvalue weighted by Gasteiger charge is -2.12. The van der Waals surface area contributed by atoms with E-state index in [0.717, 1.165) is 69.6 Å². The number of rotatable bonds is 13. The van der Waals surface area contributed by atoms with Crippen molar-refractivity contribution in [1.82, 2.24) is 15.3 Å². The molecular weight excluding hydrogens is 536 g/mol. The maximum absolute atomic E-state index is 12.0. The monoisotopic (exact) mass is 568 g/mol. The molecule has 0 atom stereocenters. The lowest BCUT2D eigenvalue weighted by atomic mass is 10.0. The van der Waals surface area contributed by atoms with E-state index in [1.165, 1.54) is 7.11 Å². The number of pyridine rings is 2. The third kappa shape index (κ3) is 7.19. The largest absolute Gasteiger partial charge is 0.465 e. The number of anilines is 1. The molecule has 0 bridgehead atoms. The third-order valence-electron chi connectivity index (χ3n) is 6.86. The number of ether oxygens (including phenoxy) is 2. The Morgan fingerprint density at radius 2 is 1.73 bits per heavy atom. The predicted octanol–water partition coefficient (Wildman–Crippen LogP) is 6.89. The second-order valence-electron chi connectivity index (χ2n) is 9.71. The van der Waals surface area contributed by atoms with Crippen molar-refractivity contribution in [3.05, 3.63) is 101 Å². The molecule has 0 fully saturated rings. The van der Waals surface area contributed by atoms with E-state index in [4.69, 9.17) is 26.1 Å². The van der Waals surface area contributed by atoms with Gasteiger partial charge in [0.25, 0.3) is 0 Å². The van der Waals surface area contributed by atoms with E-state index in [-0.39, 0.29) is 5.97 Å². The van der Waals surface area contributed by atoms with Crippen molar-refractivity contribution in [2.24, 2.45) is 0 Å². The fourth-order valence-electron chi connectivity index (χ4n) is 4.76. The smallest absolute Gasteiger partial charge is 0.337 e. The number of hydrogen-bond acceptors (Lipinski definition) is 7. The van der Waals surface area contributed by atoms with Crippen LogP contribution < -0.4 is 10.6 Å². The highest BCUT2D eigenvalue weighted by molar-refractivity contribution is 6.33. The van der Waals surface area contributed by atoms with Crippen LogP contribution in [0.1, 0.15) is 28.8 Å². The van der Waals surface area contributed by atoms with Crippen molar-refractivity contribution in [2.75, 3.05) is 38.7 Å². The van der Waals surface area contributed by atoms with Crippen LogP contribution in [0.25, 0.3) is 32.8 Å². The first-order valence-corrected chi connectivity index (χ1v) is 14.1. The number of fused-ring (bicyclic) bond motifs is 3. The second-order valence-corrected chi connectivity index (χ2v) is 10.1. The van der Waals surface area contributed by atoms with Crippen LogP contribution in [0.2, 0.25) is 5.02 Å². The fraction of sp³-hybridized carbons (Fsp3) is 0.242. The van der Waals surface area contributed by atoms with E-state index in [9.17, 15) is 4.79 Å². The van der Waals surface area contributed by atoms with Gasteiger partial charge in [-0.15, -0.1) is 0 Å². The summed E-state index contributed by atoms with van der Waals surface area (Å²) < 4.78 is 10.7. The summed E-state index contributed by atoms with van der Waals surface area (Å²) in [6.45, 7) is 3.69. The van der Waals surface area contributed by atoms with Crippen LogP contribution in [0.3, 0.4) is 0 Å². The fourth-order valence-corrected chi connectivity index (χ4v) is 5.08. The maximum Gasteiger partial charge on any atom is 0.337 e. The summed E-state index contributed by atoms with van der Waals surface area (Å²) in [7, 11) is 1.37. The Kier molecular flexibility index (Phi) is 9.75. The highest BCUT2D eigenvalue weighted by Gasteiger charge is 2.12. The average Bonchev–Trinajstić information content (AvgIpc) is 3.01. The first-order valence-electron chi connectivity index (χ1n) is 13.8. The number of methoxy groups -OCH3 is 1. The molecule has 8 heteroatoms. The number of benzene rings is 3. The van der Waals surface area contributed by atoms with Crippen LogP contribution in [0.5, 0.6) is 0 Å². The summed E-state index contributed by atoms with van der Waals surface area (Å²) >= 11 is 6.53. The quantitative estimate of drug-likeness (QED) is 0.0908. The summed E-state index contributed by atoms with van der Waals surface area (Å²) in [4.78, 5) is 21.1. The predicted molar refractivity (Wildman–Crippen MR) is 166 cm³/mol. The molecule has 0 aliphatic heterocycles. The van der Waals surface area contributed by atoms with Crippen LogP contribution in [-0.2, 0) is 16.0 Å². The Morgan fingerprint density at radius 3 is 2.54 bits per heavy atom. The number of halogens is 1. The van der Waals surface area contributed by atoms with Gasteiger partial charge in [-0.1, -0.05) is 60.1 Å². The van der Waals surface area contributed by atoms with Gasteiger partial charge in [-0.25, -0.2) is 9.78 Å². The Morgan fingerprint density at radius 1 is 0.902 bits per heavy atom. The highest BCUT2D eigenvalue weighted by Crippen LogP contribution is 2.30. The molecule has 7 nitrogen and oxygen atoms in total. The van der Waals surface area contributed by atoms with Gasteiger partial charge >= 0.3 is 5.97 Å². The number of carbonyl (C=O) groups excluding carboxylic acids is 1. The van der Waals surface area contributed by atoms with Crippen LogP contribution in [0.15, 0.2) is 85.2 Å². The Bertz CT molecular complexity index is 1630. The summed E-state index contributed by atoms with van der Waals surface area (Å²) in [5, 5.41) is 10.6. The number of nitrogens with one attached hydrogen (secondary N) is 2. The summed E-state index contributed by atoms with van der Waals surface area (Å²) in [5.74, 6) is 0.377. The summed E-state index contributed by atoms with van der Waals surface area (Å²) in [6.07, 6.45) is 5.35. The van der Waals surface area contributed by atoms with Gasteiger partial charge in [0.1, 0.15) is 5.82 Å². The second kappa shape index (κ2) is 14.0. The van der Waals surface area contributed by atoms with Crippen LogP contribution in [0.4, 0.5) is 5.82 Å². The van der Waals surface area contributed by atoms with Crippen molar-refractivity contribution in [2.45, 2.75) is 19.4 Å². The molecule has 41 heavy (non-hydrogen) atoms. The molecule has 3 aromatic carbocycles. The molecule has 0 radical (unpaired) electrons. The first-order chi connectivity index (χ1) is 20.1. The van der Waals surface area contributed by atoms with E-state index in [2.05, 4.69) is 39.9 Å². The van der Waals surface area contributed by atoms with Gasteiger partial charge in [0.15, 0.2) is 0 Å². The molecule has 0 aliphatic rings. The highest BCUT2D eigenvalue weighted by atomic mass is 35.5. The van der Waals surface area contributed by atoms with Gasteiger partial charge < -0.3 is 20.1 Å². The molecule has 0 unspecified atom stereocenters. The number of esters is 1. The molecule has 0 spiro atoms. The Balaban J connectivity index is 1.03. The van der Waals surface area contributed by atoms with Crippen LogP contribution >= 0.6 is 11.6 Å². The van der Waals surface area contributed by atoms with Crippen molar-refractivity contribution < 1.29 is 14.3 Å². The molecule has 0 saturated heterocycles. The zero-order chi connectivity index (χ0) is 28.4. The minimum atomic E-state index is -0.385. The van der Waals surface area contributed by atoms with Crippen molar-refractivity contribution in [3.63, 3.8) is 0 Å². The molecule has 2 N–H and O–H groups in total. The molecule has 0 amide bonds. The van der Waals surface area contributed by atoms with Gasteiger partial charge in [0.05, 0.1) is 18.2 Å². The summed E-state index contributed by atoms with van der Waals surface area (Å²) in [5.41, 5.74) is 4.52. The molecule has 5 aromatic rings. The van der Waals surface area contributed by atoms with Gasteiger partial charge in [0.2, 0.25) is 0 Å². The number of carbonyl (C=O) groups is 1. The van der Waals surface area contributed by atoms with Crippen molar-refractivity contribution in [1.29, 1.82) is 0 Å². The van der Waals surface area contributed by atoms with Gasteiger partial charge in [-0.2, -0.15) is 0 Å². The Hall–Kier alpha value is -4.04. The van der Waals surface area contributed by atoms with E-state index in [1.807, 2.05) is 42.6 Å². The van der Waals surface area contributed by atoms with E-state index >= 15 is 0 Å². The molecule has 0 aliphatic carbocycles. The summed E-state index contributed by atoms with van der Waals surface area (Å²) in [6, 6.07) is 23.8. The van der Waals surface area contributed by atoms with Gasteiger partial charge in [-0.05, 0) is 54.8 Å². The standard InChI is InChI=1S/C33H33ClN4O3/c1-40-33(39)25-10-12-27-29-22-36-16-13-28(29)32(38-31(27)20-25)37-15-6-18-41-17-5-14-35-21-23-9-11-26(30(34)19-23)24-7-3-2-4-8-24/h2-4,7-13,16,19-20,22,35H,5-6,14-15,17-18,21H2,1H3,(H,37,38). The minimum Gasteiger partial charge on any atom is -0.465 e. The van der Waals surface area contributed by atoms with Crippen LogP contribution in [-0.4, -0.2) is 49.4 Å².